The van der Waals surface area contributed by atoms with Crippen LogP contribution in [0.2, 0.25) is 0 Å². The van der Waals surface area contributed by atoms with E-state index < -0.39 is 23.0 Å². The van der Waals surface area contributed by atoms with Gasteiger partial charge in [-0.25, -0.2) is 0 Å². The molecule has 0 aliphatic rings. The average molecular weight is 389 g/mol. The van der Waals surface area contributed by atoms with Crippen molar-refractivity contribution in [2.75, 3.05) is 19.3 Å². The first-order valence-corrected chi connectivity index (χ1v) is 9.44. The van der Waals surface area contributed by atoms with E-state index >= 15 is 0 Å². The fraction of sp³-hybridized carbons (Fsp3) is 0.688. The fourth-order valence-corrected chi connectivity index (χ4v) is 2.69. The number of carboxylic acids is 1. The normalized spacial score (nSPS) is 13.8. The molecule has 0 aromatic carbocycles. The molecule has 0 fully saturated rings. The molecule has 0 aliphatic heterocycles. The highest BCUT2D eigenvalue weighted by atomic mass is 32.2. The van der Waals surface area contributed by atoms with Gasteiger partial charge in [-0.1, -0.05) is 6.92 Å². The number of nitrogens with one attached hydrogen (secondary N) is 3. The van der Waals surface area contributed by atoms with Gasteiger partial charge in [0.15, 0.2) is 0 Å². The van der Waals surface area contributed by atoms with Crippen LogP contribution in [-0.2, 0) is 24.0 Å². The SMILES string of the molecule is CSC(CC(=O)O)C(=O)NC(C)CC(C)C(=O)NCC(=O)NCC(C)=O. The zero-order valence-corrected chi connectivity index (χ0v) is 16.3. The van der Waals surface area contributed by atoms with Crippen LogP contribution in [0.25, 0.3) is 0 Å². The van der Waals surface area contributed by atoms with E-state index in [4.69, 9.17) is 5.11 Å². The zero-order chi connectivity index (χ0) is 20.3. The van der Waals surface area contributed by atoms with Gasteiger partial charge < -0.3 is 21.1 Å². The Morgan fingerprint density at radius 1 is 1.00 bits per heavy atom. The average Bonchev–Trinajstić information content (AvgIpc) is 2.54. The maximum atomic E-state index is 12.0. The van der Waals surface area contributed by atoms with E-state index in [0.717, 1.165) is 11.8 Å². The molecule has 4 N–H and O–H groups in total. The Morgan fingerprint density at radius 3 is 2.12 bits per heavy atom. The summed E-state index contributed by atoms with van der Waals surface area (Å²) in [6.07, 6.45) is 1.72. The molecule has 0 aromatic heterocycles. The molecule has 0 spiro atoms. The number of hydrogen-bond donors (Lipinski definition) is 4. The Hall–Kier alpha value is -2.10. The quantitative estimate of drug-likeness (QED) is 0.354. The van der Waals surface area contributed by atoms with Gasteiger partial charge in [-0.2, -0.15) is 11.8 Å². The zero-order valence-electron chi connectivity index (χ0n) is 15.5. The number of thioether (sulfide) groups is 1. The lowest BCUT2D eigenvalue weighted by molar-refractivity contribution is -0.138. The van der Waals surface area contributed by atoms with E-state index in [1.807, 2.05) is 0 Å². The minimum absolute atomic E-state index is 0.0831. The lowest BCUT2D eigenvalue weighted by Crippen LogP contribution is -2.43. The summed E-state index contributed by atoms with van der Waals surface area (Å²) in [4.78, 5) is 57.0. The summed E-state index contributed by atoms with van der Waals surface area (Å²) in [5, 5.41) is 15.6. The molecule has 0 aromatic rings. The number of Topliss-reactive ketones (excluding diaryl/α,β-unsaturated/α-hetero) is 1. The van der Waals surface area contributed by atoms with Crippen molar-refractivity contribution in [3.63, 3.8) is 0 Å². The van der Waals surface area contributed by atoms with Crippen molar-refractivity contribution in [1.29, 1.82) is 0 Å². The summed E-state index contributed by atoms with van der Waals surface area (Å²) in [5.41, 5.74) is 0. The molecule has 3 amide bonds. The summed E-state index contributed by atoms with van der Waals surface area (Å²) in [7, 11) is 0. The number of ketones is 1. The van der Waals surface area contributed by atoms with Crippen LogP contribution in [0.3, 0.4) is 0 Å². The Balaban J connectivity index is 4.30. The van der Waals surface area contributed by atoms with Gasteiger partial charge >= 0.3 is 5.97 Å². The Bertz CT molecular complexity index is 540. The molecule has 0 radical (unpaired) electrons. The molecular formula is C16H27N3O6S. The summed E-state index contributed by atoms with van der Waals surface area (Å²) in [5.74, 6) is -2.90. The number of carboxylic acid groups (broad SMARTS) is 1. The third-order valence-corrected chi connectivity index (χ3v) is 4.39. The van der Waals surface area contributed by atoms with Gasteiger partial charge in [0, 0.05) is 12.0 Å². The molecule has 0 heterocycles. The number of carbonyl (C=O) groups is 5. The molecule has 9 nitrogen and oxygen atoms in total. The molecule has 0 saturated carbocycles. The first-order chi connectivity index (χ1) is 12.1. The smallest absolute Gasteiger partial charge is 0.305 e. The topological polar surface area (TPSA) is 142 Å². The summed E-state index contributed by atoms with van der Waals surface area (Å²) < 4.78 is 0. The number of amides is 3. The maximum absolute atomic E-state index is 12.0. The van der Waals surface area contributed by atoms with Crippen LogP contribution >= 0.6 is 11.8 Å². The van der Waals surface area contributed by atoms with Crippen LogP contribution in [0.4, 0.5) is 0 Å². The molecule has 3 unspecified atom stereocenters. The largest absolute Gasteiger partial charge is 0.481 e. The first-order valence-electron chi connectivity index (χ1n) is 8.15. The van der Waals surface area contributed by atoms with E-state index in [9.17, 15) is 24.0 Å². The second kappa shape index (κ2) is 12.3. The van der Waals surface area contributed by atoms with Crippen molar-refractivity contribution >= 4 is 41.2 Å². The van der Waals surface area contributed by atoms with E-state index in [1.165, 1.54) is 6.92 Å². The van der Waals surface area contributed by atoms with Crippen LogP contribution in [-0.4, -0.2) is 65.2 Å². The molecular weight excluding hydrogens is 362 g/mol. The standard InChI is InChI=1S/C16H27N3O6S/c1-9(15(24)18-8-13(21)17-7-11(3)20)5-10(2)19-16(25)12(26-4)6-14(22)23/h9-10,12H,5-8H2,1-4H3,(H,17,21)(H,18,24)(H,19,25)(H,22,23). The molecule has 3 atom stereocenters. The number of hydrogen-bond acceptors (Lipinski definition) is 6. The van der Waals surface area contributed by atoms with Gasteiger partial charge in [-0.3, -0.25) is 24.0 Å². The highest BCUT2D eigenvalue weighted by Crippen LogP contribution is 2.13. The second-order valence-electron chi connectivity index (χ2n) is 6.07. The summed E-state index contributed by atoms with van der Waals surface area (Å²) >= 11 is 1.15. The van der Waals surface area contributed by atoms with Crippen LogP contribution < -0.4 is 16.0 Å². The molecule has 148 valence electrons. The Kier molecular flexibility index (Phi) is 11.3. The van der Waals surface area contributed by atoms with E-state index in [1.54, 1.807) is 20.1 Å². The minimum Gasteiger partial charge on any atom is -0.481 e. The van der Waals surface area contributed by atoms with Gasteiger partial charge in [-0.15, -0.1) is 0 Å². The van der Waals surface area contributed by atoms with Crippen LogP contribution in [0, 0.1) is 5.92 Å². The summed E-state index contributed by atoms with van der Waals surface area (Å²) in [6, 6.07) is -0.335. The first kappa shape index (κ1) is 23.9. The number of carbonyl (C=O) groups excluding carboxylic acids is 4. The molecule has 0 saturated heterocycles. The third-order valence-electron chi connectivity index (χ3n) is 3.44. The molecule has 0 rings (SSSR count). The lowest BCUT2D eigenvalue weighted by atomic mass is 10.0. The fourth-order valence-electron chi connectivity index (χ4n) is 2.10. The van der Waals surface area contributed by atoms with Crippen LogP contribution in [0.1, 0.15) is 33.6 Å². The molecule has 26 heavy (non-hydrogen) atoms. The monoisotopic (exact) mass is 389 g/mol. The molecule has 0 bridgehead atoms. The van der Waals surface area contributed by atoms with Crippen molar-refractivity contribution in [1.82, 2.24) is 16.0 Å². The number of aliphatic carboxylic acids is 1. The predicted molar refractivity (Wildman–Crippen MR) is 97.6 cm³/mol. The van der Waals surface area contributed by atoms with Gasteiger partial charge in [0.1, 0.15) is 5.78 Å². The maximum Gasteiger partial charge on any atom is 0.305 e. The van der Waals surface area contributed by atoms with Gasteiger partial charge in [0.2, 0.25) is 17.7 Å². The van der Waals surface area contributed by atoms with Gasteiger partial charge in [-0.05, 0) is 26.5 Å². The van der Waals surface area contributed by atoms with Gasteiger partial charge in [0.05, 0.1) is 24.8 Å². The van der Waals surface area contributed by atoms with Crippen LogP contribution in [0.15, 0.2) is 0 Å². The van der Waals surface area contributed by atoms with E-state index in [2.05, 4.69) is 16.0 Å². The Morgan fingerprint density at radius 2 is 1.62 bits per heavy atom. The third kappa shape index (κ3) is 10.7. The molecule has 10 heteroatoms. The number of rotatable bonds is 12. The van der Waals surface area contributed by atoms with Crippen molar-refractivity contribution in [2.45, 2.75) is 44.9 Å². The van der Waals surface area contributed by atoms with Crippen LogP contribution in [0.5, 0.6) is 0 Å². The van der Waals surface area contributed by atoms with E-state index in [0.29, 0.717) is 6.42 Å². The van der Waals surface area contributed by atoms with Crippen molar-refractivity contribution in [3.8, 4) is 0 Å². The highest BCUT2D eigenvalue weighted by molar-refractivity contribution is 7.99. The van der Waals surface area contributed by atoms with Crippen molar-refractivity contribution in [2.24, 2.45) is 5.92 Å². The molecule has 0 aliphatic carbocycles. The lowest BCUT2D eigenvalue weighted by Gasteiger charge is -2.20. The van der Waals surface area contributed by atoms with Crippen molar-refractivity contribution in [3.05, 3.63) is 0 Å². The Labute approximate surface area is 157 Å². The summed E-state index contributed by atoms with van der Waals surface area (Å²) in [6.45, 7) is 4.41. The second-order valence-corrected chi connectivity index (χ2v) is 7.11. The van der Waals surface area contributed by atoms with E-state index in [-0.39, 0.29) is 43.1 Å². The van der Waals surface area contributed by atoms with Gasteiger partial charge in [0.25, 0.3) is 0 Å². The predicted octanol–water partition coefficient (Wildman–Crippen LogP) is -0.455. The minimum atomic E-state index is -1.05. The van der Waals surface area contributed by atoms with Crippen molar-refractivity contribution < 1.29 is 29.1 Å². The highest BCUT2D eigenvalue weighted by Gasteiger charge is 2.23.